The Kier molecular flexibility index (Phi) is 6.69. The number of nitrogens with one attached hydrogen (secondary N) is 2. The molecule has 0 aliphatic heterocycles. The monoisotopic (exact) mass is 470 g/mol. The molecule has 1 aromatic rings. The van der Waals surface area contributed by atoms with Gasteiger partial charge < -0.3 is 20.1 Å². The molecule has 0 radical (unpaired) electrons. The number of carbonyl (C=O) groups is 4. The third-order valence-electron chi connectivity index (χ3n) is 7.80. The van der Waals surface area contributed by atoms with Crippen LogP contribution in [-0.2, 0) is 19.1 Å². The van der Waals surface area contributed by atoms with Crippen LogP contribution >= 0.6 is 0 Å². The predicted octanol–water partition coefficient (Wildman–Crippen LogP) is 3.56. The number of rotatable bonds is 7. The molecule has 34 heavy (non-hydrogen) atoms. The molecular formula is C26H34N2O6. The number of methoxy groups -OCH3 is 2. The fraction of sp³-hybridized carbons (Fsp3) is 0.615. The summed E-state index contributed by atoms with van der Waals surface area (Å²) in [5.74, 6) is 0.0311. The molecule has 5 rings (SSSR count). The lowest BCUT2D eigenvalue weighted by Crippen LogP contribution is -2.57. The molecule has 0 aromatic heterocycles. The SMILES string of the molecule is COC(=O)c1cc(NC(=O)[C@@H](NC(=O)C23CC4CC(CC(C4)C2)C3)C(C)C)cc(C(=O)OC)c1. The van der Waals surface area contributed by atoms with Crippen molar-refractivity contribution in [1.82, 2.24) is 5.32 Å². The maximum atomic E-state index is 13.5. The van der Waals surface area contributed by atoms with Crippen molar-refractivity contribution >= 4 is 29.4 Å². The van der Waals surface area contributed by atoms with Gasteiger partial charge in [0, 0.05) is 11.1 Å². The van der Waals surface area contributed by atoms with Crippen LogP contribution < -0.4 is 10.6 Å². The highest BCUT2D eigenvalue weighted by Gasteiger charge is 2.55. The van der Waals surface area contributed by atoms with E-state index >= 15 is 0 Å². The van der Waals surface area contributed by atoms with Gasteiger partial charge in [0.25, 0.3) is 0 Å². The highest BCUT2D eigenvalue weighted by molar-refractivity contribution is 6.02. The fourth-order valence-electron chi connectivity index (χ4n) is 6.61. The second-order valence-electron chi connectivity index (χ2n) is 10.7. The zero-order valence-corrected chi connectivity index (χ0v) is 20.3. The molecule has 184 valence electrons. The second kappa shape index (κ2) is 9.39. The zero-order valence-electron chi connectivity index (χ0n) is 20.3. The average Bonchev–Trinajstić information content (AvgIpc) is 2.79. The smallest absolute Gasteiger partial charge is 0.337 e. The Balaban J connectivity index is 1.52. The third-order valence-corrected chi connectivity index (χ3v) is 7.80. The molecular weight excluding hydrogens is 436 g/mol. The molecule has 4 fully saturated rings. The van der Waals surface area contributed by atoms with Crippen molar-refractivity contribution in [3.8, 4) is 0 Å². The Labute approximate surface area is 200 Å². The number of anilines is 1. The number of carbonyl (C=O) groups excluding carboxylic acids is 4. The van der Waals surface area contributed by atoms with E-state index in [0.29, 0.717) is 17.8 Å². The molecule has 1 atom stereocenters. The molecule has 2 N–H and O–H groups in total. The Morgan fingerprint density at radius 3 is 1.74 bits per heavy atom. The Morgan fingerprint density at radius 2 is 1.32 bits per heavy atom. The largest absolute Gasteiger partial charge is 0.465 e. The van der Waals surface area contributed by atoms with E-state index in [4.69, 9.17) is 9.47 Å². The summed E-state index contributed by atoms with van der Waals surface area (Å²) in [6.45, 7) is 3.77. The lowest BCUT2D eigenvalue weighted by atomic mass is 9.49. The quantitative estimate of drug-likeness (QED) is 0.590. The highest BCUT2D eigenvalue weighted by Crippen LogP contribution is 2.60. The van der Waals surface area contributed by atoms with Gasteiger partial charge in [-0.05, 0) is 80.4 Å². The lowest BCUT2D eigenvalue weighted by molar-refractivity contribution is -0.148. The molecule has 0 heterocycles. The standard InChI is InChI=1S/C26H34N2O6/c1-14(2)21(28-25(32)26-11-15-5-16(12-26)7-17(6-15)13-26)22(29)27-20-9-18(23(30)33-3)8-19(10-20)24(31)34-4/h8-10,14-17,21H,5-7,11-13H2,1-4H3,(H,27,29)(H,28,32)/t15?,16?,17?,21-,26?/m0/s1. The van der Waals surface area contributed by atoms with Crippen LogP contribution in [-0.4, -0.2) is 44.0 Å². The molecule has 2 amide bonds. The molecule has 0 spiro atoms. The first-order valence-electron chi connectivity index (χ1n) is 12.1. The summed E-state index contributed by atoms with van der Waals surface area (Å²) >= 11 is 0. The van der Waals surface area contributed by atoms with Gasteiger partial charge in [0.05, 0.1) is 25.3 Å². The number of benzene rings is 1. The van der Waals surface area contributed by atoms with E-state index in [1.54, 1.807) is 0 Å². The molecule has 4 aliphatic carbocycles. The normalized spacial score (nSPS) is 27.7. The minimum absolute atomic E-state index is 0.0148. The first-order chi connectivity index (χ1) is 16.1. The number of amides is 2. The highest BCUT2D eigenvalue weighted by atomic mass is 16.5. The number of ether oxygens (including phenoxy) is 2. The zero-order chi connectivity index (χ0) is 24.6. The van der Waals surface area contributed by atoms with Gasteiger partial charge in [0.2, 0.25) is 11.8 Å². The van der Waals surface area contributed by atoms with E-state index in [2.05, 4.69) is 10.6 Å². The van der Waals surface area contributed by atoms with Crippen LogP contribution in [0.3, 0.4) is 0 Å². The molecule has 1 aromatic carbocycles. The van der Waals surface area contributed by atoms with Crippen LogP contribution in [0.5, 0.6) is 0 Å². The summed E-state index contributed by atoms with van der Waals surface area (Å²) in [5, 5.41) is 5.83. The fourth-order valence-corrected chi connectivity index (χ4v) is 6.61. The van der Waals surface area contributed by atoms with Crippen molar-refractivity contribution in [2.45, 2.75) is 58.4 Å². The molecule has 4 saturated carbocycles. The van der Waals surface area contributed by atoms with Crippen LogP contribution in [0.1, 0.15) is 73.1 Å². The summed E-state index contributed by atoms with van der Waals surface area (Å²) in [7, 11) is 2.47. The minimum Gasteiger partial charge on any atom is -0.465 e. The van der Waals surface area contributed by atoms with Gasteiger partial charge in [-0.15, -0.1) is 0 Å². The number of esters is 2. The number of hydrogen-bond acceptors (Lipinski definition) is 6. The molecule has 8 nitrogen and oxygen atoms in total. The maximum Gasteiger partial charge on any atom is 0.337 e. The molecule has 8 heteroatoms. The van der Waals surface area contributed by atoms with Crippen LogP contribution in [0.15, 0.2) is 18.2 Å². The Hall–Kier alpha value is -2.90. The van der Waals surface area contributed by atoms with Crippen molar-refractivity contribution in [2.24, 2.45) is 29.1 Å². The van der Waals surface area contributed by atoms with Crippen molar-refractivity contribution < 1.29 is 28.7 Å². The maximum absolute atomic E-state index is 13.5. The van der Waals surface area contributed by atoms with E-state index < -0.39 is 23.9 Å². The van der Waals surface area contributed by atoms with Gasteiger partial charge in [0.1, 0.15) is 6.04 Å². The first kappa shape index (κ1) is 24.2. The molecule has 0 unspecified atom stereocenters. The van der Waals surface area contributed by atoms with Crippen LogP contribution in [0.2, 0.25) is 0 Å². The molecule has 0 saturated heterocycles. The molecule has 4 bridgehead atoms. The average molecular weight is 471 g/mol. The van der Waals surface area contributed by atoms with E-state index in [1.165, 1.54) is 51.7 Å². The van der Waals surface area contributed by atoms with E-state index in [0.717, 1.165) is 19.3 Å². The third kappa shape index (κ3) is 4.68. The van der Waals surface area contributed by atoms with E-state index in [1.807, 2.05) is 13.8 Å². The van der Waals surface area contributed by atoms with Gasteiger partial charge in [-0.25, -0.2) is 9.59 Å². The minimum atomic E-state index is -0.746. The van der Waals surface area contributed by atoms with Gasteiger partial charge in [-0.3, -0.25) is 9.59 Å². The van der Waals surface area contributed by atoms with Crippen LogP contribution in [0, 0.1) is 29.1 Å². The topological polar surface area (TPSA) is 111 Å². The second-order valence-corrected chi connectivity index (χ2v) is 10.7. The van der Waals surface area contributed by atoms with Crippen molar-refractivity contribution in [2.75, 3.05) is 19.5 Å². The first-order valence-corrected chi connectivity index (χ1v) is 12.1. The summed E-state index contributed by atoms with van der Waals surface area (Å²) in [6, 6.07) is 3.48. The van der Waals surface area contributed by atoms with E-state index in [9.17, 15) is 19.2 Å². The molecule has 4 aliphatic rings. The lowest BCUT2D eigenvalue weighted by Gasteiger charge is -2.55. The van der Waals surface area contributed by atoms with Gasteiger partial charge >= 0.3 is 11.9 Å². The summed E-state index contributed by atoms with van der Waals surface area (Å²) < 4.78 is 9.52. The van der Waals surface area contributed by atoms with Crippen molar-refractivity contribution in [1.29, 1.82) is 0 Å². The van der Waals surface area contributed by atoms with E-state index in [-0.39, 0.29) is 34.1 Å². The van der Waals surface area contributed by atoms with Crippen LogP contribution in [0.25, 0.3) is 0 Å². The van der Waals surface area contributed by atoms with Crippen molar-refractivity contribution in [3.05, 3.63) is 29.3 Å². The predicted molar refractivity (Wildman–Crippen MR) is 125 cm³/mol. The van der Waals surface area contributed by atoms with Crippen molar-refractivity contribution in [3.63, 3.8) is 0 Å². The van der Waals surface area contributed by atoms with Gasteiger partial charge in [0.15, 0.2) is 0 Å². The summed E-state index contributed by atoms with van der Waals surface area (Å²) in [6.07, 6.45) is 6.46. The summed E-state index contributed by atoms with van der Waals surface area (Å²) in [5.41, 5.74) is 0.118. The van der Waals surface area contributed by atoms with Crippen LogP contribution in [0.4, 0.5) is 5.69 Å². The summed E-state index contributed by atoms with van der Waals surface area (Å²) in [4.78, 5) is 50.9. The van der Waals surface area contributed by atoms with Gasteiger partial charge in [-0.1, -0.05) is 13.8 Å². The number of hydrogen-bond donors (Lipinski definition) is 2. The Morgan fingerprint density at radius 1 is 0.853 bits per heavy atom. The van der Waals surface area contributed by atoms with Gasteiger partial charge in [-0.2, -0.15) is 0 Å². The Bertz CT molecular complexity index is 931.